The Kier molecular flexibility index (Phi) is 5.59. The van der Waals surface area contributed by atoms with Gasteiger partial charge in [-0.05, 0) is 44.4 Å². The zero-order chi connectivity index (χ0) is 20.8. The highest BCUT2D eigenvalue weighted by molar-refractivity contribution is 6.26. The van der Waals surface area contributed by atoms with Gasteiger partial charge in [-0.1, -0.05) is 44.1 Å². The summed E-state index contributed by atoms with van der Waals surface area (Å²) in [5.41, 5.74) is 0.320. The molecule has 0 radical (unpaired) electrons. The summed E-state index contributed by atoms with van der Waals surface area (Å²) in [6, 6.07) is -0.907. The van der Waals surface area contributed by atoms with E-state index in [-0.39, 0.29) is 23.2 Å². The molecule has 2 N–H and O–H groups in total. The number of allylic oxidation sites excluding steroid dienone is 5. The highest BCUT2D eigenvalue weighted by Crippen LogP contribution is 2.58. The second-order valence-corrected chi connectivity index (χ2v) is 9.09. The Bertz CT molecular complexity index is 765. The SMILES string of the molecule is CC=C[C@H]1C(C)=C[C@H]2C[C@H](C)CC[C@@H]2[C@@]1(C)C(O)=C1C(=O)[C@H](CO)N(C)C1=O. The predicted octanol–water partition coefficient (Wildman–Crippen LogP) is 3.41. The molecule has 0 aromatic heterocycles. The molecule has 0 aromatic rings. The molecule has 154 valence electrons. The Morgan fingerprint density at radius 1 is 1.36 bits per heavy atom. The molecule has 1 amide bonds. The van der Waals surface area contributed by atoms with Crippen LogP contribution in [0.25, 0.3) is 0 Å². The van der Waals surface area contributed by atoms with E-state index in [1.165, 1.54) is 17.5 Å². The molecule has 0 aromatic carbocycles. The van der Waals surface area contributed by atoms with Crippen molar-refractivity contribution in [2.45, 2.75) is 53.0 Å². The van der Waals surface area contributed by atoms with E-state index in [0.717, 1.165) is 19.3 Å². The molecule has 28 heavy (non-hydrogen) atoms. The van der Waals surface area contributed by atoms with Gasteiger partial charge in [0.2, 0.25) is 0 Å². The fourth-order valence-corrected chi connectivity index (χ4v) is 5.82. The van der Waals surface area contributed by atoms with E-state index in [0.29, 0.717) is 11.8 Å². The van der Waals surface area contributed by atoms with Crippen molar-refractivity contribution in [1.29, 1.82) is 0 Å². The molecule has 1 heterocycles. The van der Waals surface area contributed by atoms with Crippen LogP contribution in [0.3, 0.4) is 0 Å². The summed E-state index contributed by atoms with van der Waals surface area (Å²) in [5.74, 6) is -0.00149. The summed E-state index contributed by atoms with van der Waals surface area (Å²) >= 11 is 0. The van der Waals surface area contributed by atoms with Gasteiger partial charge < -0.3 is 15.1 Å². The second kappa shape index (κ2) is 7.51. The van der Waals surface area contributed by atoms with E-state index in [1.54, 1.807) is 0 Å². The summed E-state index contributed by atoms with van der Waals surface area (Å²) < 4.78 is 0. The normalized spacial score (nSPS) is 40.7. The number of carbonyl (C=O) groups excluding carboxylic acids is 2. The third kappa shape index (κ3) is 2.95. The lowest BCUT2D eigenvalue weighted by Crippen LogP contribution is -2.46. The Morgan fingerprint density at radius 2 is 2.04 bits per heavy atom. The predicted molar refractivity (Wildman–Crippen MR) is 108 cm³/mol. The maximum Gasteiger partial charge on any atom is 0.261 e. The van der Waals surface area contributed by atoms with Crippen molar-refractivity contribution in [3.63, 3.8) is 0 Å². The van der Waals surface area contributed by atoms with Crippen LogP contribution in [-0.2, 0) is 9.59 Å². The largest absolute Gasteiger partial charge is 0.511 e. The van der Waals surface area contributed by atoms with Crippen molar-refractivity contribution in [1.82, 2.24) is 4.90 Å². The van der Waals surface area contributed by atoms with Gasteiger partial charge in [0.05, 0.1) is 6.61 Å². The molecule has 5 nitrogen and oxygen atoms in total. The summed E-state index contributed by atoms with van der Waals surface area (Å²) in [5, 5.41) is 21.0. The number of aliphatic hydroxyl groups is 2. The van der Waals surface area contributed by atoms with Gasteiger partial charge >= 0.3 is 0 Å². The lowest BCUT2D eigenvalue weighted by Gasteiger charge is -2.52. The summed E-state index contributed by atoms with van der Waals surface area (Å²) in [6.45, 7) is 7.87. The average Bonchev–Trinajstić information content (AvgIpc) is 2.86. The monoisotopic (exact) mass is 387 g/mol. The first-order valence-electron chi connectivity index (χ1n) is 10.3. The van der Waals surface area contributed by atoms with E-state index in [1.807, 2.05) is 19.9 Å². The van der Waals surface area contributed by atoms with Crippen LogP contribution in [0.5, 0.6) is 0 Å². The molecular formula is C23H33NO4. The highest BCUT2D eigenvalue weighted by atomic mass is 16.3. The van der Waals surface area contributed by atoms with Crippen LogP contribution in [0.2, 0.25) is 0 Å². The quantitative estimate of drug-likeness (QED) is 0.337. The smallest absolute Gasteiger partial charge is 0.261 e. The van der Waals surface area contributed by atoms with E-state index in [4.69, 9.17) is 0 Å². The number of ketones is 1. The molecule has 1 aliphatic heterocycles. The Labute approximate surface area is 167 Å². The lowest BCUT2D eigenvalue weighted by molar-refractivity contribution is -0.126. The Hall–Kier alpha value is -1.88. The van der Waals surface area contributed by atoms with Gasteiger partial charge in [0.15, 0.2) is 5.78 Å². The van der Waals surface area contributed by atoms with Gasteiger partial charge in [-0.15, -0.1) is 0 Å². The minimum Gasteiger partial charge on any atom is -0.511 e. The molecule has 3 rings (SSSR count). The number of fused-ring (bicyclic) bond motifs is 1. The first-order chi connectivity index (χ1) is 13.2. The fraction of sp³-hybridized carbons (Fsp3) is 0.652. The summed E-state index contributed by atoms with van der Waals surface area (Å²) in [6.07, 6.45) is 9.49. The van der Waals surface area contributed by atoms with Crippen LogP contribution in [-0.4, -0.2) is 46.5 Å². The minimum absolute atomic E-state index is 0.0706. The number of nitrogens with zero attached hydrogens (tertiary/aromatic N) is 1. The number of carbonyl (C=O) groups is 2. The first kappa shape index (κ1) is 20.8. The van der Waals surface area contributed by atoms with Crippen molar-refractivity contribution in [3.05, 3.63) is 35.1 Å². The van der Waals surface area contributed by atoms with Gasteiger partial charge in [-0.25, -0.2) is 0 Å². The van der Waals surface area contributed by atoms with Gasteiger partial charge in [-0.2, -0.15) is 0 Å². The van der Waals surface area contributed by atoms with Crippen molar-refractivity contribution >= 4 is 11.7 Å². The number of Topliss-reactive ketones (excluding diaryl/α,β-unsaturated/α-hetero) is 1. The maximum atomic E-state index is 12.9. The van der Waals surface area contributed by atoms with Crippen LogP contribution >= 0.6 is 0 Å². The van der Waals surface area contributed by atoms with E-state index >= 15 is 0 Å². The zero-order valence-corrected chi connectivity index (χ0v) is 17.6. The summed E-state index contributed by atoms with van der Waals surface area (Å²) in [4.78, 5) is 26.9. The van der Waals surface area contributed by atoms with Crippen LogP contribution < -0.4 is 0 Å². The molecule has 1 saturated carbocycles. The van der Waals surface area contributed by atoms with Gasteiger partial charge in [-0.3, -0.25) is 9.59 Å². The van der Waals surface area contributed by atoms with Crippen LogP contribution in [0.15, 0.2) is 35.1 Å². The topological polar surface area (TPSA) is 77.8 Å². The number of rotatable bonds is 3. The zero-order valence-electron chi connectivity index (χ0n) is 17.6. The third-order valence-corrected chi connectivity index (χ3v) is 7.40. The molecule has 0 bridgehead atoms. The molecule has 1 saturated heterocycles. The first-order valence-corrected chi connectivity index (χ1v) is 10.3. The van der Waals surface area contributed by atoms with Gasteiger partial charge in [0.25, 0.3) is 5.91 Å². The number of amides is 1. The van der Waals surface area contributed by atoms with E-state index in [2.05, 4.69) is 26.0 Å². The van der Waals surface area contributed by atoms with Crippen molar-refractivity contribution < 1.29 is 19.8 Å². The van der Waals surface area contributed by atoms with Crippen LogP contribution in [0, 0.1) is 29.1 Å². The molecule has 2 aliphatic carbocycles. The number of hydrogen-bond donors (Lipinski definition) is 2. The lowest BCUT2D eigenvalue weighted by atomic mass is 9.52. The Morgan fingerprint density at radius 3 is 2.61 bits per heavy atom. The van der Waals surface area contributed by atoms with Crippen molar-refractivity contribution in [3.8, 4) is 0 Å². The third-order valence-electron chi connectivity index (χ3n) is 7.40. The van der Waals surface area contributed by atoms with Gasteiger partial charge in [0.1, 0.15) is 17.4 Å². The van der Waals surface area contributed by atoms with E-state index < -0.39 is 29.8 Å². The number of hydrogen-bond acceptors (Lipinski definition) is 4. The Balaban J connectivity index is 2.19. The molecule has 5 heteroatoms. The molecule has 3 aliphatic rings. The van der Waals surface area contributed by atoms with E-state index in [9.17, 15) is 19.8 Å². The molecule has 0 spiro atoms. The van der Waals surface area contributed by atoms with Gasteiger partial charge in [0, 0.05) is 18.4 Å². The fourth-order valence-electron chi connectivity index (χ4n) is 5.82. The second-order valence-electron chi connectivity index (χ2n) is 9.09. The van der Waals surface area contributed by atoms with Crippen LogP contribution in [0.4, 0.5) is 0 Å². The number of likely N-dealkylation sites (N-methyl/N-ethyl adjacent to an activating group) is 1. The molecule has 2 fully saturated rings. The number of likely N-dealkylation sites (tertiary alicyclic amines) is 1. The molecular weight excluding hydrogens is 354 g/mol. The summed E-state index contributed by atoms with van der Waals surface area (Å²) in [7, 11) is 1.50. The molecule has 0 unspecified atom stereocenters. The van der Waals surface area contributed by atoms with Crippen molar-refractivity contribution in [2.24, 2.45) is 29.1 Å². The number of aliphatic hydroxyl groups excluding tert-OH is 2. The maximum absolute atomic E-state index is 12.9. The van der Waals surface area contributed by atoms with Crippen molar-refractivity contribution in [2.75, 3.05) is 13.7 Å². The van der Waals surface area contributed by atoms with Crippen LogP contribution in [0.1, 0.15) is 47.0 Å². The minimum atomic E-state index is -0.907. The standard InChI is InChI=1S/C23H33NO4/c1-6-7-16-14(3)11-15-10-13(2)8-9-17(15)23(16,4)21(27)19-20(26)18(12-25)24(5)22(19)28/h6-7,11,13,15-18,25,27H,8-10,12H2,1-5H3/t13-,15-,16+,17+,18+,23+/m1/s1. The highest BCUT2D eigenvalue weighted by Gasteiger charge is 2.55. The average molecular weight is 388 g/mol. The molecule has 6 atom stereocenters.